The first-order chi connectivity index (χ1) is 16.9. The Bertz CT molecular complexity index is 1350. The highest BCUT2D eigenvalue weighted by atomic mass is 19.4. The summed E-state index contributed by atoms with van der Waals surface area (Å²) in [4.78, 5) is 33.9. The van der Waals surface area contributed by atoms with Crippen LogP contribution >= 0.6 is 0 Å². The van der Waals surface area contributed by atoms with Crippen LogP contribution in [0, 0.1) is 0 Å². The molecule has 3 rings (SSSR count). The van der Waals surface area contributed by atoms with E-state index in [1.165, 1.54) is 10.9 Å². The number of hydrogen-bond donors (Lipinski definition) is 2. The van der Waals surface area contributed by atoms with Crippen molar-refractivity contribution in [2.45, 2.75) is 32.7 Å². The first-order valence-corrected chi connectivity index (χ1v) is 10.3. The van der Waals surface area contributed by atoms with Gasteiger partial charge in [0.15, 0.2) is 0 Å². The van der Waals surface area contributed by atoms with Crippen molar-refractivity contribution in [2.75, 3.05) is 6.54 Å². The zero-order valence-corrected chi connectivity index (χ0v) is 18.9. The van der Waals surface area contributed by atoms with Gasteiger partial charge in [-0.25, -0.2) is 14.3 Å². The van der Waals surface area contributed by atoms with E-state index in [-0.39, 0.29) is 30.8 Å². The van der Waals surface area contributed by atoms with Gasteiger partial charge in [0.05, 0.1) is 13.1 Å². The summed E-state index contributed by atoms with van der Waals surface area (Å²) in [7, 11) is 0. The minimum Gasteiger partial charge on any atom is -0.475 e. The average molecular weight is 515 g/mol. The van der Waals surface area contributed by atoms with Gasteiger partial charge in [0.1, 0.15) is 6.33 Å². The van der Waals surface area contributed by atoms with Crippen molar-refractivity contribution >= 4 is 5.97 Å². The van der Waals surface area contributed by atoms with Crippen LogP contribution < -0.4 is 17.0 Å². The van der Waals surface area contributed by atoms with E-state index in [2.05, 4.69) is 5.10 Å². The van der Waals surface area contributed by atoms with E-state index in [1.54, 1.807) is 22.9 Å². The molecule has 0 saturated heterocycles. The second-order valence-electron chi connectivity index (χ2n) is 7.28. The lowest BCUT2D eigenvalue weighted by Crippen LogP contribution is -2.27. The van der Waals surface area contributed by atoms with Crippen LogP contribution in [0.15, 0.2) is 70.2 Å². The van der Waals surface area contributed by atoms with E-state index in [1.807, 2.05) is 31.2 Å². The number of aryl methyl sites for hydroxylation is 1. The van der Waals surface area contributed by atoms with E-state index in [0.717, 1.165) is 15.8 Å². The SMILES string of the molecule is CCn1cccc(-c2cccc(Cn3cnn(CC(CN)=C(F)F)c3=O)c2)c1=O.O=C(O)C(F)(F)F. The predicted molar refractivity (Wildman–Crippen MR) is 119 cm³/mol. The standard InChI is InChI=1S/C20H21F2N5O2.C2HF3O2/c1-2-25-8-4-7-17(19(25)28)15-6-3-5-14(9-15)11-26-13-24-27(20(26)29)12-16(10-23)18(21)22;3-2(4,5)1(6)7/h3-9,13H,2,10-12,23H2,1H3;(H,6,7). The molecule has 2 heterocycles. The summed E-state index contributed by atoms with van der Waals surface area (Å²) in [6.07, 6.45) is -3.96. The Kier molecular flexibility index (Phi) is 9.44. The molecule has 0 bridgehead atoms. The summed E-state index contributed by atoms with van der Waals surface area (Å²) in [5.74, 6) is -2.76. The van der Waals surface area contributed by atoms with Crippen molar-refractivity contribution in [3.05, 3.63) is 87.0 Å². The Morgan fingerprint density at radius 1 is 1.11 bits per heavy atom. The van der Waals surface area contributed by atoms with Crippen LogP contribution in [0.3, 0.4) is 0 Å². The summed E-state index contributed by atoms with van der Waals surface area (Å²) >= 11 is 0. The molecule has 0 unspecified atom stereocenters. The number of aliphatic carboxylic acids is 1. The normalized spacial score (nSPS) is 11.0. The third kappa shape index (κ3) is 7.21. The van der Waals surface area contributed by atoms with Crippen LogP contribution in [0.5, 0.6) is 0 Å². The second-order valence-corrected chi connectivity index (χ2v) is 7.28. The van der Waals surface area contributed by atoms with Gasteiger partial charge in [-0.1, -0.05) is 18.2 Å². The van der Waals surface area contributed by atoms with E-state index in [4.69, 9.17) is 15.6 Å². The molecule has 2 aromatic heterocycles. The van der Waals surface area contributed by atoms with Gasteiger partial charge >= 0.3 is 17.8 Å². The summed E-state index contributed by atoms with van der Waals surface area (Å²) in [5, 5.41) is 11.0. The van der Waals surface area contributed by atoms with Gasteiger partial charge in [-0.15, -0.1) is 0 Å². The third-order valence-corrected chi connectivity index (χ3v) is 4.85. The summed E-state index contributed by atoms with van der Waals surface area (Å²) in [5.41, 5.74) is 6.43. The van der Waals surface area contributed by atoms with Gasteiger partial charge in [0, 0.05) is 30.4 Å². The molecule has 0 radical (unpaired) electrons. The molecule has 0 atom stereocenters. The van der Waals surface area contributed by atoms with Gasteiger partial charge in [-0.05, 0) is 36.2 Å². The molecule has 194 valence electrons. The van der Waals surface area contributed by atoms with Gasteiger partial charge in [-0.2, -0.15) is 27.1 Å². The zero-order valence-electron chi connectivity index (χ0n) is 18.9. The minimum atomic E-state index is -5.08. The number of rotatable bonds is 7. The van der Waals surface area contributed by atoms with E-state index in [0.29, 0.717) is 12.1 Å². The molecule has 0 aliphatic heterocycles. The molecule has 36 heavy (non-hydrogen) atoms. The highest BCUT2D eigenvalue weighted by Gasteiger charge is 2.38. The van der Waals surface area contributed by atoms with Gasteiger partial charge in [-0.3, -0.25) is 9.36 Å². The number of nitrogens with two attached hydrogens (primary N) is 1. The second kappa shape index (κ2) is 12.1. The fraction of sp³-hybridized carbons (Fsp3) is 0.273. The number of carbonyl (C=O) groups is 1. The quantitative estimate of drug-likeness (QED) is 0.466. The molecular formula is C22H22F5N5O4. The predicted octanol–water partition coefficient (Wildman–Crippen LogP) is 2.68. The molecule has 1 aromatic carbocycles. The molecule has 9 nitrogen and oxygen atoms in total. The van der Waals surface area contributed by atoms with Gasteiger partial charge in [0.25, 0.3) is 11.6 Å². The van der Waals surface area contributed by atoms with E-state index < -0.39 is 23.9 Å². The smallest absolute Gasteiger partial charge is 0.475 e. The summed E-state index contributed by atoms with van der Waals surface area (Å²) in [6, 6.07) is 10.8. The van der Waals surface area contributed by atoms with Crippen LogP contribution in [0.4, 0.5) is 22.0 Å². The summed E-state index contributed by atoms with van der Waals surface area (Å²) < 4.78 is 61.2. The molecule has 3 N–H and O–H groups in total. The Morgan fingerprint density at radius 3 is 2.33 bits per heavy atom. The molecule has 0 aliphatic rings. The van der Waals surface area contributed by atoms with E-state index in [9.17, 15) is 31.5 Å². The lowest BCUT2D eigenvalue weighted by molar-refractivity contribution is -0.192. The molecule has 14 heteroatoms. The van der Waals surface area contributed by atoms with Gasteiger partial charge in [0.2, 0.25) is 0 Å². The van der Waals surface area contributed by atoms with Crippen molar-refractivity contribution < 1.29 is 31.9 Å². The first kappa shape index (κ1) is 28.2. The monoisotopic (exact) mass is 515 g/mol. The molecule has 0 amide bonds. The number of halogens is 5. The Balaban J connectivity index is 0.000000572. The first-order valence-electron chi connectivity index (χ1n) is 10.3. The van der Waals surface area contributed by atoms with Crippen LogP contribution in [0.2, 0.25) is 0 Å². The van der Waals surface area contributed by atoms with Crippen molar-refractivity contribution in [1.82, 2.24) is 18.9 Å². The lowest BCUT2D eigenvalue weighted by Gasteiger charge is -2.08. The molecule has 0 spiro atoms. The van der Waals surface area contributed by atoms with Crippen LogP contribution in [-0.2, 0) is 24.4 Å². The van der Waals surface area contributed by atoms with Crippen molar-refractivity contribution in [1.29, 1.82) is 0 Å². The molecular weight excluding hydrogens is 493 g/mol. The summed E-state index contributed by atoms with van der Waals surface area (Å²) in [6.45, 7) is 1.95. The van der Waals surface area contributed by atoms with Crippen molar-refractivity contribution in [3.8, 4) is 11.1 Å². The minimum absolute atomic E-state index is 0.0912. The number of hydrogen-bond acceptors (Lipinski definition) is 5. The zero-order chi connectivity index (χ0) is 27.0. The third-order valence-electron chi connectivity index (χ3n) is 4.85. The maximum Gasteiger partial charge on any atom is 0.490 e. The Morgan fingerprint density at radius 2 is 1.78 bits per heavy atom. The molecule has 3 aromatic rings. The van der Waals surface area contributed by atoms with Crippen LogP contribution in [0.1, 0.15) is 12.5 Å². The van der Waals surface area contributed by atoms with Crippen molar-refractivity contribution in [3.63, 3.8) is 0 Å². The number of benzene rings is 1. The molecule has 0 saturated carbocycles. The molecule has 0 fully saturated rings. The van der Waals surface area contributed by atoms with E-state index >= 15 is 0 Å². The topological polar surface area (TPSA) is 125 Å². The highest BCUT2D eigenvalue weighted by Crippen LogP contribution is 2.17. The highest BCUT2D eigenvalue weighted by molar-refractivity contribution is 5.73. The maximum atomic E-state index is 12.8. The molecule has 0 aliphatic carbocycles. The number of pyridine rings is 1. The Labute approximate surface area is 200 Å². The fourth-order valence-electron chi connectivity index (χ4n) is 3.01. The maximum absolute atomic E-state index is 12.8. The Hall–Kier alpha value is -4.07. The van der Waals surface area contributed by atoms with Gasteiger partial charge < -0.3 is 15.4 Å². The average Bonchev–Trinajstić information content (AvgIpc) is 3.16. The number of aromatic nitrogens is 4. The number of carboxylic acids is 1. The number of carboxylic acid groups (broad SMARTS) is 1. The number of nitrogens with zero attached hydrogens (tertiary/aromatic N) is 4. The van der Waals surface area contributed by atoms with Crippen LogP contribution in [-0.4, -0.2) is 42.7 Å². The van der Waals surface area contributed by atoms with Crippen molar-refractivity contribution in [2.24, 2.45) is 5.73 Å². The van der Waals surface area contributed by atoms with Crippen LogP contribution in [0.25, 0.3) is 11.1 Å². The number of alkyl halides is 3. The largest absolute Gasteiger partial charge is 0.490 e. The lowest BCUT2D eigenvalue weighted by atomic mass is 10.0. The fourth-order valence-corrected chi connectivity index (χ4v) is 3.01.